The second-order valence-corrected chi connectivity index (χ2v) is 8.27. The number of sulfonamides is 1. The highest BCUT2D eigenvalue weighted by molar-refractivity contribution is 7.89. The Bertz CT molecular complexity index is 1060. The Balaban J connectivity index is 3.56. The third-order valence-electron chi connectivity index (χ3n) is 4.21. The Morgan fingerprint density at radius 2 is 0.833 bits per heavy atom. The predicted molar refractivity (Wildman–Crippen MR) is 82.1 cm³/mol. The van der Waals surface area contributed by atoms with Gasteiger partial charge in [0.15, 0.2) is 0 Å². The third-order valence-corrected chi connectivity index (χ3v) is 5.14. The molecule has 0 radical (unpaired) electrons. The van der Waals surface area contributed by atoms with E-state index in [1.807, 2.05) is 0 Å². The van der Waals surface area contributed by atoms with E-state index in [-0.39, 0.29) is 29.6 Å². The number of hydrogen-bond acceptors (Lipinski definition) is 3. The summed E-state index contributed by atoms with van der Waals surface area (Å²) in [4.78, 5) is -0.924. The first-order valence-electron chi connectivity index (χ1n) is 8.06. The molecule has 0 aliphatic carbocycles. The number of alkyl halides is 17. The van der Waals surface area contributed by atoms with Gasteiger partial charge in [-0.1, -0.05) is 0 Å². The average molecular weight is 590 g/mol. The Morgan fingerprint density at radius 3 is 1.14 bits per heavy atom. The molecule has 0 amide bonds. The van der Waals surface area contributed by atoms with Crippen LogP contribution in [0.3, 0.4) is 0 Å². The number of benzene rings is 1. The average Bonchev–Trinajstić information content (AvgIpc) is 2.65. The van der Waals surface area contributed by atoms with Gasteiger partial charge in [0.05, 0.1) is 4.90 Å². The molecule has 0 heterocycles. The molecule has 0 aliphatic heterocycles. The van der Waals surface area contributed by atoms with Crippen molar-refractivity contribution in [2.45, 2.75) is 52.7 Å². The number of rotatable bonds is 9. The normalized spacial score (nSPS) is 15.7. The van der Waals surface area contributed by atoms with Gasteiger partial charge >= 0.3 is 47.8 Å². The number of nitrogens with two attached hydrogens (primary N) is 1. The molecule has 0 atom stereocenters. The van der Waals surface area contributed by atoms with Crippen LogP contribution in [0, 0.1) is 0 Å². The number of nitrogens with one attached hydrogen (secondary N) is 1. The minimum Gasteiger partial charge on any atom is -0.322 e. The molecule has 1 aromatic rings. The van der Waals surface area contributed by atoms with Gasteiger partial charge in [-0.05, 0) is 24.3 Å². The fourth-order valence-corrected chi connectivity index (χ4v) is 2.67. The molecule has 3 N–H and O–H groups in total. The van der Waals surface area contributed by atoms with Gasteiger partial charge in [0, 0.05) is 5.69 Å². The van der Waals surface area contributed by atoms with Crippen molar-refractivity contribution in [3.63, 3.8) is 0 Å². The smallest absolute Gasteiger partial charge is 0.322 e. The zero-order chi connectivity index (χ0) is 29.2. The molecular formula is C14H7F17N2O2S. The zero-order valence-corrected chi connectivity index (χ0v) is 16.9. The summed E-state index contributed by atoms with van der Waals surface area (Å²) in [6, 6.07) is -6.25. The molecule has 0 fully saturated rings. The monoisotopic (exact) mass is 590 g/mol. The number of halogens is 17. The third kappa shape index (κ3) is 4.49. The van der Waals surface area contributed by atoms with Crippen LogP contribution in [0.5, 0.6) is 0 Å². The van der Waals surface area contributed by atoms with Gasteiger partial charge in [-0.2, -0.15) is 74.6 Å². The van der Waals surface area contributed by atoms with Gasteiger partial charge in [-0.25, -0.2) is 13.6 Å². The van der Waals surface area contributed by atoms with Crippen molar-refractivity contribution in [3.05, 3.63) is 24.3 Å². The fourth-order valence-electron chi connectivity index (χ4n) is 2.15. The summed E-state index contributed by atoms with van der Waals surface area (Å²) >= 11 is 0. The first-order chi connectivity index (χ1) is 15.4. The Labute approximate surface area is 187 Å². The molecule has 0 aromatic heterocycles. The zero-order valence-electron chi connectivity index (χ0n) is 16.0. The van der Waals surface area contributed by atoms with E-state index in [1.165, 1.54) is 0 Å². The van der Waals surface area contributed by atoms with E-state index in [9.17, 15) is 83.1 Å². The van der Waals surface area contributed by atoms with E-state index in [1.54, 1.807) is 0 Å². The van der Waals surface area contributed by atoms with Gasteiger partial charge in [0.1, 0.15) is 0 Å². The molecule has 0 saturated heterocycles. The van der Waals surface area contributed by atoms with Crippen LogP contribution >= 0.6 is 0 Å². The highest BCUT2D eigenvalue weighted by Gasteiger charge is 2.95. The first-order valence-corrected chi connectivity index (χ1v) is 9.60. The Hall–Kier alpha value is -2.26. The van der Waals surface area contributed by atoms with Crippen molar-refractivity contribution in [2.75, 3.05) is 5.32 Å². The summed E-state index contributed by atoms with van der Waals surface area (Å²) in [5, 5.41) is 4.65. The molecule has 210 valence electrons. The van der Waals surface area contributed by atoms with Gasteiger partial charge < -0.3 is 5.32 Å². The Morgan fingerprint density at radius 1 is 0.528 bits per heavy atom. The molecule has 0 unspecified atom stereocenters. The summed E-state index contributed by atoms with van der Waals surface area (Å²) < 4.78 is 246. The molecule has 36 heavy (non-hydrogen) atoms. The minimum absolute atomic E-state index is 0.0622. The van der Waals surface area contributed by atoms with Crippen molar-refractivity contribution >= 4 is 15.7 Å². The standard InChI is InChI=1S/C14H7F17N2O2S/c15-7(16,9(19,20)11(23,24)13(27,28)29)8(17,18)10(21,22)12(25,26)14(30,31)33-5-1-3-6(4-2-5)36(32,34)35/h1-4,33H,(H2,32,34,35). The minimum atomic E-state index is -8.72. The Kier molecular flexibility index (Phi) is 7.39. The molecule has 1 aromatic carbocycles. The van der Waals surface area contributed by atoms with Crippen LogP contribution in [-0.2, 0) is 10.0 Å². The lowest BCUT2D eigenvalue weighted by Gasteiger charge is -2.42. The van der Waals surface area contributed by atoms with E-state index in [2.05, 4.69) is 5.14 Å². The van der Waals surface area contributed by atoms with Crippen LogP contribution in [0.25, 0.3) is 0 Å². The van der Waals surface area contributed by atoms with Gasteiger partial charge in [0.2, 0.25) is 10.0 Å². The van der Waals surface area contributed by atoms with Crippen molar-refractivity contribution in [2.24, 2.45) is 5.14 Å². The van der Waals surface area contributed by atoms with E-state index in [0.717, 1.165) is 0 Å². The lowest BCUT2D eigenvalue weighted by Crippen LogP contribution is -2.75. The number of anilines is 1. The highest BCUT2D eigenvalue weighted by atomic mass is 32.2. The van der Waals surface area contributed by atoms with Crippen LogP contribution in [0.4, 0.5) is 80.3 Å². The second-order valence-electron chi connectivity index (χ2n) is 6.71. The second kappa shape index (κ2) is 8.38. The fraction of sp³-hybridized carbons (Fsp3) is 0.571. The van der Waals surface area contributed by atoms with E-state index in [4.69, 9.17) is 0 Å². The van der Waals surface area contributed by atoms with Gasteiger partial charge in [0.25, 0.3) is 0 Å². The molecular weight excluding hydrogens is 583 g/mol. The summed E-state index contributed by atoms with van der Waals surface area (Å²) in [6.07, 6.45) is -7.83. The van der Waals surface area contributed by atoms with Crippen molar-refractivity contribution < 1.29 is 83.1 Å². The maximum atomic E-state index is 13.8. The summed E-state index contributed by atoms with van der Waals surface area (Å²) in [5.41, 5.74) is -1.54. The highest BCUT2D eigenvalue weighted by Crippen LogP contribution is 2.63. The maximum absolute atomic E-state index is 13.8. The lowest BCUT2D eigenvalue weighted by atomic mass is 9.90. The predicted octanol–water partition coefficient (Wildman–Crippen LogP) is 5.71. The number of hydrogen-bond donors (Lipinski definition) is 2. The lowest BCUT2D eigenvalue weighted by molar-refractivity contribution is -0.460. The van der Waals surface area contributed by atoms with E-state index >= 15 is 0 Å². The molecule has 0 spiro atoms. The van der Waals surface area contributed by atoms with E-state index < -0.39 is 68.4 Å². The van der Waals surface area contributed by atoms with Crippen LogP contribution in [-0.4, -0.2) is 56.2 Å². The van der Waals surface area contributed by atoms with Crippen LogP contribution in [0.15, 0.2) is 29.2 Å². The summed E-state index contributed by atoms with van der Waals surface area (Å²) in [6.45, 7) is 0. The molecule has 0 aliphatic rings. The maximum Gasteiger partial charge on any atom is 0.460 e. The van der Waals surface area contributed by atoms with Gasteiger partial charge in [-0.3, -0.25) is 0 Å². The quantitative estimate of drug-likeness (QED) is 0.286. The van der Waals surface area contributed by atoms with Gasteiger partial charge in [-0.15, -0.1) is 0 Å². The van der Waals surface area contributed by atoms with Crippen LogP contribution < -0.4 is 10.5 Å². The molecule has 22 heteroatoms. The topological polar surface area (TPSA) is 72.2 Å². The SMILES string of the molecule is NS(=O)(=O)c1ccc(NC(F)(F)C(F)(F)C(F)(F)C(F)(F)C(F)(F)C(F)(F)C(F)(F)C(F)(F)F)cc1. The van der Waals surface area contributed by atoms with Crippen LogP contribution in [0.1, 0.15) is 0 Å². The molecule has 1 rings (SSSR count). The van der Waals surface area contributed by atoms with Crippen molar-refractivity contribution in [3.8, 4) is 0 Å². The number of primary sulfonamides is 1. The molecule has 0 saturated carbocycles. The summed E-state index contributed by atoms with van der Waals surface area (Å²) in [7, 11) is -4.57. The van der Waals surface area contributed by atoms with Crippen LogP contribution in [0.2, 0.25) is 0 Å². The summed E-state index contributed by atoms with van der Waals surface area (Å²) in [5.74, 6) is -50.6. The largest absolute Gasteiger partial charge is 0.460 e. The van der Waals surface area contributed by atoms with E-state index in [0.29, 0.717) is 0 Å². The molecule has 4 nitrogen and oxygen atoms in total. The van der Waals surface area contributed by atoms with Crippen molar-refractivity contribution in [1.82, 2.24) is 0 Å². The molecule has 0 bridgehead atoms. The van der Waals surface area contributed by atoms with Crippen molar-refractivity contribution in [1.29, 1.82) is 0 Å². The first kappa shape index (κ1) is 31.8.